The zero-order valence-electron chi connectivity index (χ0n) is 17.5. The van der Waals surface area contributed by atoms with Crippen molar-refractivity contribution >= 4 is 17.6 Å². The second-order valence-electron chi connectivity index (χ2n) is 6.85. The first-order chi connectivity index (χ1) is 14.9. The van der Waals surface area contributed by atoms with Gasteiger partial charge < -0.3 is 14.8 Å². The van der Waals surface area contributed by atoms with Crippen molar-refractivity contribution in [1.82, 2.24) is 9.78 Å². The van der Waals surface area contributed by atoms with Gasteiger partial charge >= 0.3 is 5.97 Å². The first-order valence-electron chi connectivity index (χ1n) is 9.64. The van der Waals surface area contributed by atoms with Crippen LogP contribution < -0.4 is 10.1 Å². The summed E-state index contributed by atoms with van der Waals surface area (Å²) in [5.74, 6) is -0.724. The van der Waals surface area contributed by atoms with E-state index in [1.54, 1.807) is 35.9 Å². The molecule has 0 bridgehead atoms. The highest BCUT2D eigenvalue weighted by atomic mass is 16.6. The van der Waals surface area contributed by atoms with Crippen LogP contribution in [0, 0.1) is 25.2 Å². The number of amides is 1. The van der Waals surface area contributed by atoms with Crippen molar-refractivity contribution in [2.75, 3.05) is 11.9 Å². The Balaban J connectivity index is 1.55. The number of ether oxygens (including phenoxy) is 2. The average molecular weight is 418 g/mol. The molecule has 1 heterocycles. The predicted molar refractivity (Wildman–Crippen MR) is 114 cm³/mol. The van der Waals surface area contributed by atoms with Gasteiger partial charge in [0.2, 0.25) is 0 Å². The number of aryl methyl sites for hydroxylation is 1. The number of anilines is 1. The molecule has 1 N–H and O–H groups in total. The molecule has 0 spiro atoms. The summed E-state index contributed by atoms with van der Waals surface area (Å²) in [6, 6.07) is 17.9. The first kappa shape index (κ1) is 21.6. The van der Waals surface area contributed by atoms with E-state index in [0.29, 0.717) is 22.7 Å². The summed E-state index contributed by atoms with van der Waals surface area (Å²) < 4.78 is 12.3. The lowest BCUT2D eigenvalue weighted by molar-refractivity contribution is -0.153. The van der Waals surface area contributed by atoms with Crippen LogP contribution in [0.4, 0.5) is 5.69 Å². The summed E-state index contributed by atoms with van der Waals surface area (Å²) in [5, 5.41) is 16.0. The quantitative estimate of drug-likeness (QED) is 0.590. The van der Waals surface area contributed by atoms with E-state index in [9.17, 15) is 9.59 Å². The van der Waals surface area contributed by atoms with Crippen molar-refractivity contribution in [1.29, 1.82) is 5.26 Å². The van der Waals surface area contributed by atoms with Crippen molar-refractivity contribution in [2.45, 2.75) is 26.9 Å². The summed E-state index contributed by atoms with van der Waals surface area (Å²) in [6.07, 6.45) is -0.912. The first-order valence-corrected chi connectivity index (χ1v) is 9.64. The standard InChI is InChI=1S/C23H22N4O4/c1-15-22(16(2)27(26-15)19-7-5-4-6-8-19)25-21(28)14-30-23(29)17(3)31-20-11-9-18(13-24)10-12-20/h4-12,17H,14H2,1-3H3,(H,25,28)/t17-/m1/s1. The third kappa shape index (κ3) is 5.28. The van der Waals surface area contributed by atoms with Crippen molar-refractivity contribution < 1.29 is 19.1 Å². The molecule has 1 amide bonds. The van der Waals surface area contributed by atoms with Crippen molar-refractivity contribution in [2.24, 2.45) is 0 Å². The molecule has 0 saturated carbocycles. The molecule has 158 valence electrons. The molecule has 8 nitrogen and oxygen atoms in total. The Morgan fingerprint density at radius 1 is 1.13 bits per heavy atom. The van der Waals surface area contributed by atoms with Gasteiger partial charge in [0.15, 0.2) is 12.7 Å². The van der Waals surface area contributed by atoms with Crippen LogP contribution in [0.2, 0.25) is 0 Å². The van der Waals surface area contributed by atoms with Gasteiger partial charge in [0.05, 0.1) is 34.4 Å². The normalized spacial score (nSPS) is 11.3. The number of nitrogens with one attached hydrogen (secondary N) is 1. The molecule has 0 saturated heterocycles. The van der Waals surface area contributed by atoms with E-state index in [1.807, 2.05) is 43.3 Å². The number of carbonyl (C=O) groups is 2. The highest BCUT2D eigenvalue weighted by Gasteiger charge is 2.20. The van der Waals surface area contributed by atoms with Crippen molar-refractivity contribution in [3.8, 4) is 17.5 Å². The van der Waals surface area contributed by atoms with Crippen LogP contribution in [-0.2, 0) is 14.3 Å². The van der Waals surface area contributed by atoms with Gasteiger partial charge in [-0.2, -0.15) is 10.4 Å². The van der Waals surface area contributed by atoms with E-state index in [1.165, 1.54) is 6.92 Å². The van der Waals surface area contributed by atoms with Gasteiger partial charge in [-0.1, -0.05) is 18.2 Å². The molecule has 0 fully saturated rings. The Labute approximate surface area is 180 Å². The molecular formula is C23H22N4O4. The summed E-state index contributed by atoms with van der Waals surface area (Å²) in [7, 11) is 0. The van der Waals surface area contributed by atoms with Crippen LogP contribution in [0.15, 0.2) is 54.6 Å². The second kappa shape index (κ2) is 9.59. The van der Waals surface area contributed by atoms with E-state index >= 15 is 0 Å². The molecule has 2 aromatic carbocycles. The number of hydrogen-bond acceptors (Lipinski definition) is 6. The predicted octanol–water partition coefficient (Wildman–Crippen LogP) is 3.31. The molecule has 0 radical (unpaired) electrons. The number of rotatable bonds is 7. The van der Waals surface area contributed by atoms with E-state index in [-0.39, 0.29) is 0 Å². The second-order valence-corrected chi connectivity index (χ2v) is 6.85. The van der Waals surface area contributed by atoms with Crippen LogP contribution >= 0.6 is 0 Å². The third-order valence-corrected chi connectivity index (χ3v) is 4.53. The lowest BCUT2D eigenvalue weighted by atomic mass is 10.2. The Morgan fingerprint density at radius 2 is 1.81 bits per heavy atom. The minimum atomic E-state index is -0.912. The Morgan fingerprint density at radius 3 is 2.45 bits per heavy atom. The van der Waals surface area contributed by atoms with E-state index in [4.69, 9.17) is 14.7 Å². The maximum absolute atomic E-state index is 12.3. The number of nitriles is 1. The van der Waals surface area contributed by atoms with E-state index in [2.05, 4.69) is 10.4 Å². The summed E-state index contributed by atoms with van der Waals surface area (Å²) in [5.41, 5.74) is 3.36. The van der Waals surface area contributed by atoms with Gasteiger partial charge in [-0.05, 0) is 57.2 Å². The smallest absolute Gasteiger partial charge is 0.347 e. The molecule has 3 rings (SSSR count). The Bertz CT molecular complexity index is 1110. The molecular weight excluding hydrogens is 396 g/mol. The minimum Gasteiger partial charge on any atom is -0.479 e. The number of hydrogen-bond donors (Lipinski definition) is 1. The fourth-order valence-corrected chi connectivity index (χ4v) is 2.93. The SMILES string of the molecule is Cc1nn(-c2ccccc2)c(C)c1NC(=O)COC(=O)[C@@H](C)Oc1ccc(C#N)cc1. The van der Waals surface area contributed by atoms with E-state index in [0.717, 1.165) is 11.4 Å². The molecule has 0 aliphatic carbocycles. The molecule has 31 heavy (non-hydrogen) atoms. The van der Waals surface area contributed by atoms with Gasteiger partial charge in [0.25, 0.3) is 5.91 Å². The molecule has 8 heteroatoms. The Kier molecular flexibility index (Phi) is 6.67. The highest BCUT2D eigenvalue weighted by Crippen LogP contribution is 2.22. The fraction of sp³-hybridized carbons (Fsp3) is 0.217. The average Bonchev–Trinajstić information content (AvgIpc) is 3.06. The van der Waals surface area contributed by atoms with Crippen LogP contribution in [0.1, 0.15) is 23.9 Å². The fourth-order valence-electron chi connectivity index (χ4n) is 2.93. The zero-order chi connectivity index (χ0) is 22.4. The number of carbonyl (C=O) groups excluding carboxylic acids is 2. The van der Waals surface area contributed by atoms with Gasteiger partial charge in [-0.3, -0.25) is 4.79 Å². The zero-order valence-corrected chi connectivity index (χ0v) is 17.5. The number of para-hydroxylation sites is 1. The molecule has 1 aromatic heterocycles. The Hall–Kier alpha value is -4.12. The van der Waals surface area contributed by atoms with E-state index < -0.39 is 24.6 Å². The third-order valence-electron chi connectivity index (χ3n) is 4.53. The largest absolute Gasteiger partial charge is 0.479 e. The maximum Gasteiger partial charge on any atom is 0.347 e. The van der Waals surface area contributed by atoms with Crippen LogP contribution in [0.25, 0.3) is 5.69 Å². The lowest BCUT2D eigenvalue weighted by Crippen LogP contribution is -2.29. The van der Waals surface area contributed by atoms with Crippen LogP contribution in [-0.4, -0.2) is 34.4 Å². The number of aromatic nitrogens is 2. The number of benzene rings is 2. The van der Waals surface area contributed by atoms with Crippen LogP contribution in [0.3, 0.4) is 0 Å². The van der Waals surface area contributed by atoms with Gasteiger partial charge in [0.1, 0.15) is 5.75 Å². The van der Waals surface area contributed by atoms with Crippen molar-refractivity contribution in [3.05, 3.63) is 71.5 Å². The highest BCUT2D eigenvalue weighted by molar-refractivity contribution is 5.94. The maximum atomic E-state index is 12.3. The topological polar surface area (TPSA) is 106 Å². The molecule has 1 atom stereocenters. The molecule has 3 aromatic rings. The number of esters is 1. The van der Waals surface area contributed by atoms with Gasteiger partial charge in [-0.15, -0.1) is 0 Å². The monoisotopic (exact) mass is 418 g/mol. The van der Waals surface area contributed by atoms with Crippen molar-refractivity contribution in [3.63, 3.8) is 0 Å². The van der Waals surface area contributed by atoms with Gasteiger partial charge in [0, 0.05) is 0 Å². The number of nitrogens with zero attached hydrogens (tertiary/aromatic N) is 3. The lowest BCUT2D eigenvalue weighted by Gasteiger charge is -2.14. The molecule has 0 aliphatic rings. The summed E-state index contributed by atoms with van der Waals surface area (Å²) >= 11 is 0. The minimum absolute atomic E-state index is 0.424. The molecule has 0 unspecified atom stereocenters. The molecule has 0 aliphatic heterocycles. The van der Waals surface area contributed by atoms with Crippen LogP contribution in [0.5, 0.6) is 5.75 Å². The summed E-state index contributed by atoms with van der Waals surface area (Å²) in [4.78, 5) is 24.5. The summed E-state index contributed by atoms with van der Waals surface area (Å²) in [6.45, 7) is 4.72. The van der Waals surface area contributed by atoms with Gasteiger partial charge in [-0.25, -0.2) is 9.48 Å².